The molecule has 0 saturated heterocycles. The Kier molecular flexibility index (Phi) is 6.99. The molecule has 3 nitrogen and oxygen atoms in total. The summed E-state index contributed by atoms with van der Waals surface area (Å²) in [5.74, 6) is 0. The fraction of sp³-hybridized carbons (Fsp3) is 0.243. The molecule has 46 heavy (non-hydrogen) atoms. The van der Waals surface area contributed by atoms with E-state index in [9.17, 15) is 0 Å². The third kappa shape index (κ3) is 4.27. The zero-order chi connectivity index (χ0) is 32.4. The molecule has 236 valence electrons. The van der Waals surface area contributed by atoms with Gasteiger partial charge in [0.15, 0.2) is 0 Å². The van der Waals surface area contributed by atoms with Gasteiger partial charge in [-0.1, -0.05) is 43.0 Å². The van der Waals surface area contributed by atoms with E-state index in [0.29, 0.717) is 17.9 Å². The highest BCUT2D eigenvalue weighted by atomic mass is 19.4. The lowest BCUT2D eigenvalue weighted by atomic mass is 9.73. The third-order valence-corrected chi connectivity index (χ3v) is 9.56. The normalized spacial score (nSPS) is 15.7. The van der Waals surface area contributed by atoms with Crippen molar-refractivity contribution in [3.8, 4) is 11.4 Å². The fourth-order valence-electron chi connectivity index (χ4n) is 7.45. The Morgan fingerprint density at radius 2 is 1.17 bits per heavy atom. The highest BCUT2D eigenvalue weighted by Crippen LogP contribution is 2.56. The Hall–Kier alpha value is -4.66. The molecule has 0 spiro atoms. The van der Waals surface area contributed by atoms with Crippen LogP contribution in [0.5, 0.6) is 0 Å². The van der Waals surface area contributed by atoms with Gasteiger partial charge in [-0.25, -0.2) is 0 Å². The van der Waals surface area contributed by atoms with Crippen molar-refractivity contribution in [3.05, 3.63) is 130 Å². The Morgan fingerprint density at radius 3 is 1.72 bits per heavy atom. The lowest BCUT2D eigenvalue weighted by Crippen LogP contribution is -2.54. The summed E-state index contributed by atoms with van der Waals surface area (Å²) in [6, 6.07) is 9.20. The number of aromatic nitrogens is 2. The molecular formula is C37H31F6N3. The number of alkyl halides is 6. The van der Waals surface area contributed by atoms with Crippen LogP contribution in [0.2, 0.25) is 0 Å². The molecule has 0 unspecified atom stereocenters. The summed E-state index contributed by atoms with van der Waals surface area (Å²) in [6.45, 7) is 6.45. The highest BCUT2D eigenvalue weighted by Gasteiger charge is 2.72. The highest BCUT2D eigenvalue weighted by molar-refractivity contribution is 5.70. The Labute approximate surface area is 262 Å². The number of hydrogen-bond donors (Lipinski definition) is 1. The predicted molar refractivity (Wildman–Crippen MR) is 170 cm³/mol. The minimum Gasteiger partial charge on any atom is -0.387 e. The number of hydrogen-bond acceptors (Lipinski definition) is 1. The van der Waals surface area contributed by atoms with E-state index >= 15 is 26.3 Å². The number of benzene rings is 2. The van der Waals surface area contributed by atoms with Gasteiger partial charge in [0.05, 0.1) is 5.69 Å². The number of nitrogens with one attached hydrogen (secondary N) is 1. The van der Waals surface area contributed by atoms with E-state index in [0.717, 1.165) is 95.0 Å². The molecule has 0 radical (unpaired) electrons. The van der Waals surface area contributed by atoms with Gasteiger partial charge in [-0.05, 0) is 115 Å². The molecule has 2 aliphatic carbocycles. The van der Waals surface area contributed by atoms with E-state index in [2.05, 4.69) is 11.9 Å². The van der Waals surface area contributed by atoms with Crippen molar-refractivity contribution in [2.24, 2.45) is 0 Å². The molecule has 3 aliphatic rings. The van der Waals surface area contributed by atoms with Crippen LogP contribution in [-0.2, 0) is 24.8 Å². The van der Waals surface area contributed by atoms with Crippen LogP contribution in [-0.4, -0.2) is 21.5 Å². The molecule has 0 atom stereocenters. The molecule has 0 bridgehead atoms. The molecule has 0 saturated carbocycles. The van der Waals surface area contributed by atoms with Crippen molar-refractivity contribution in [1.82, 2.24) is 14.5 Å². The molecule has 9 heteroatoms. The van der Waals surface area contributed by atoms with Crippen molar-refractivity contribution in [3.63, 3.8) is 0 Å². The first-order chi connectivity index (χ1) is 22.0. The number of fused-ring (bicyclic) bond motifs is 4. The second-order valence-electron chi connectivity index (χ2n) is 11.9. The monoisotopic (exact) mass is 631 g/mol. The van der Waals surface area contributed by atoms with Gasteiger partial charge < -0.3 is 14.5 Å². The second-order valence-corrected chi connectivity index (χ2v) is 11.9. The molecular weight excluding hydrogens is 600 g/mol. The van der Waals surface area contributed by atoms with Gasteiger partial charge in [0.1, 0.15) is 0 Å². The summed E-state index contributed by atoms with van der Waals surface area (Å²) in [6.07, 6.45) is 5.22. The average Bonchev–Trinajstić information content (AvgIpc) is 3.52. The minimum absolute atomic E-state index is 0.459. The summed E-state index contributed by atoms with van der Waals surface area (Å²) in [4.78, 5) is 0. The molecule has 3 heterocycles. The lowest BCUT2D eigenvalue weighted by molar-refractivity contribution is -0.288. The van der Waals surface area contributed by atoms with Crippen LogP contribution in [0.3, 0.4) is 0 Å². The van der Waals surface area contributed by atoms with Gasteiger partial charge in [0, 0.05) is 40.6 Å². The van der Waals surface area contributed by atoms with Crippen LogP contribution in [0, 0.1) is 6.92 Å². The SMILES string of the molecule is C=Cc1c(C)c2c(n1-c1ccc(C(c3ccc(-n4c5c(c6c4C=CNC6)CCC=C5)cc3)(C(F)(F)F)C(F)(F)F)cc1)C=CCC2. The number of nitrogens with zero attached hydrogens (tertiary/aromatic N) is 2. The predicted octanol–water partition coefficient (Wildman–Crippen LogP) is 9.62. The summed E-state index contributed by atoms with van der Waals surface area (Å²) in [5.41, 5.74) is 2.58. The number of halogens is 6. The Morgan fingerprint density at radius 1 is 0.674 bits per heavy atom. The summed E-state index contributed by atoms with van der Waals surface area (Å²) in [7, 11) is 0. The van der Waals surface area contributed by atoms with Crippen molar-refractivity contribution in [2.45, 2.75) is 56.9 Å². The van der Waals surface area contributed by atoms with Crippen molar-refractivity contribution in [1.29, 1.82) is 0 Å². The molecule has 1 aliphatic heterocycles. The lowest BCUT2D eigenvalue weighted by Gasteiger charge is -2.38. The van der Waals surface area contributed by atoms with Crippen molar-refractivity contribution in [2.75, 3.05) is 0 Å². The van der Waals surface area contributed by atoms with Crippen LogP contribution in [0.25, 0.3) is 35.7 Å². The molecule has 0 fully saturated rings. The average molecular weight is 632 g/mol. The van der Waals surface area contributed by atoms with Crippen molar-refractivity contribution >= 4 is 24.3 Å². The van der Waals surface area contributed by atoms with E-state index in [1.54, 1.807) is 12.3 Å². The van der Waals surface area contributed by atoms with Crippen molar-refractivity contribution < 1.29 is 26.3 Å². The quantitative estimate of drug-likeness (QED) is 0.218. The van der Waals surface area contributed by atoms with Crippen LogP contribution >= 0.6 is 0 Å². The van der Waals surface area contributed by atoms with E-state index in [-0.39, 0.29) is 0 Å². The van der Waals surface area contributed by atoms with Crippen LogP contribution in [0.1, 0.15) is 69.0 Å². The van der Waals surface area contributed by atoms with E-state index in [1.807, 2.05) is 46.4 Å². The summed E-state index contributed by atoms with van der Waals surface area (Å²) in [5, 5.41) is 3.20. The summed E-state index contributed by atoms with van der Waals surface area (Å²) < 4.78 is 94.1. The van der Waals surface area contributed by atoms with Gasteiger partial charge in [0.2, 0.25) is 5.41 Å². The molecule has 4 aromatic rings. The Balaban J connectivity index is 1.36. The molecule has 0 amide bonds. The van der Waals surface area contributed by atoms with E-state index in [1.165, 1.54) is 24.3 Å². The van der Waals surface area contributed by atoms with Crippen LogP contribution in [0.15, 0.2) is 73.5 Å². The smallest absolute Gasteiger partial charge is 0.387 e. The minimum atomic E-state index is -5.69. The van der Waals surface area contributed by atoms with Crippen LogP contribution < -0.4 is 5.32 Å². The maximum atomic E-state index is 15.1. The zero-order valence-electron chi connectivity index (χ0n) is 25.1. The van der Waals surface area contributed by atoms with Gasteiger partial charge >= 0.3 is 12.4 Å². The molecule has 7 rings (SSSR count). The van der Waals surface area contributed by atoms with Gasteiger partial charge in [-0.2, -0.15) is 26.3 Å². The summed E-state index contributed by atoms with van der Waals surface area (Å²) >= 11 is 0. The second kappa shape index (κ2) is 10.7. The topological polar surface area (TPSA) is 21.9 Å². The number of rotatable bonds is 5. The van der Waals surface area contributed by atoms with Gasteiger partial charge in [-0.3, -0.25) is 0 Å². The molecule has 2 aromatic heterocycles. The standard InChI is InChI=1S/C37H31F6N3/c1-3-31-23(2)28-8-4-6-10-32(28)45(31)26-16-12-24(13-17-26)35(36(38,39)40,37(41,42)43)25-14-18-27(19-15-25)46-33-11-7-5-9-29(33)30-22-44-21-20-34(30)46/h3,6-7,10-21,44H,1,4-5,8-9,22H2,2H3. The third-order valence-electron chi connectivity index (χ3n) is 9.56. The first-order valence-electron chi connectivity index (χ1n) is 15.2. The largest absolute Gasteiger partial charge is 0.411 e. The Bertz CT molecular complexity index is 1870. The van der Waals surface area contributed by atoms with Gasteiger partial charge in [-0.15, -0.1) is 0 Å². The first kappa shape index (κ1) is 30.0. The maximum absolute atomic E-state index is 15.1. The van der Waals surface area contributed by atoms with E-state index in [4.69, 9.17) is 0 Å². The zero-order valence-corrected chi connectivity index (χ0v) is 25.1. The first-order valence-corrected chi connectivity index (χ1v) is 15.2. The van der Waals surface area contributed by atoms with Crippen LogP contribution in [0.4, 0.5) is 26.3 Å². The molecule has 1 N–H and O–H groups in total. The fourth-order valence-corrected chi connectivity index (χ4v) is 7.45. The molecule has 2 aromatic carbocycles. The number of allylic oxidation sites excluding steroid dienone is 2. The van der Waals surface area contributed by atoms with Gasteiger partial charge in [0.25, 0.3) is 0 Å². The van der Waals surface area contributed by atoms with E-state index < -0.39 is 28.9 Å². The maximum Gasteiger partial charge on any atom is 0.411 e.